The van der Waals surface area contributed by atoms with Crippen LogP contribution in [0.1, 0.15) is 44.9 Å². The zero-order chi connectivity index (χ0) is 21.2. The highest BCUT2D eigenvalue weighted by molar-refractivity contribution is 7.90. The van der Waals surface area contributed by atoms with Gasteiger partial charge in [0.1, 0.15) is 0 Å². The summed E-state index contributed by atoms with van der Waals surface area (Å²) < 4.78 is 23.8. The Balaban J connectivity index is 1.55. The van der Waals surface area contributed by atoms with Crippen molar-refractivity contribution in [2.45, 2.75) is 61.9 Å². The molecule has 2 fully saturated rings. The Kier molecular flexibility index (Phi) is 6.63. The number of rotatable bonds is 6. The predicted octanol–water partition coefficient (Wildman–Crippen LogP) is 2.17. The number of nitrogens with one attached hydrogen (secondary N) is 1. The quantitative estimate of drug-likeness (QED) is 0.732. The van der Waals surface area contributed by atoms with Crippen LogP contribution in [0.3, 0.4) is 0 Å². The fraction of sp³-hybridized carbons (Fsp3) is 0.619. The number of nitrogens with zero attached hydrogens (tertiary/aromatic N) is 1. The average molecular weight is 422 g/mol. The van der Waals surface area contributed by atoms with Crippen LogP contribution in [0.25, 0.3) is 0 Å². The maximum absolute atomic E-state index is 12.7. The Hall–Kier alpha value is -1.93. The van der Waals surface area contributed by atoms with Gasteiger partial charge in [0.25, 0.3) is 0 Å². The molecule has 29 heavy (non-hydrogen) atoms. The number of hydrogen-bond acceptors (Lipinski definition) is 5. The largest absolute Gasteiger partial charge is 0.341 e. The van der Waals surface area contributed by atoms with E-state index in [1.165, 1.54) is 12.5 Å². The van der Waals surface area contributed by atoms with Crippen LogP contribution >= 0.6 is 0 Å². The summed E-state index contributed by atoms with van der Waals surface area (Å²) in [5.41, 5.74) is 6.58. The molecule has 8 heteroatoms. The summed E-state index contributed by atoms with van der Waals surface area (Å²) >= 11 is 0. The van der Waals surface area contributed by atoms with Gasteiger partial charge < -0.3 is 16.0 Å². The standard InChI is InChI=1S/C21H31N3O4S/c1-24(16-6-5-7-16)21(26)19(22)14-10-12-15(13-11-14)20(25)23-17-8-3-4-9-18(17)29(2,27)28/h3-4,8-9,14-16,19H,5-7,10-13,22H2,1-2H3,(H,23,25)/t14?,15?,19-/m0/s1. The lowest BCUT2D eigenvalue weighted by Gasteiger charge is -2.38. The van der Waals surface area contributed by atoms with Gasteiger partial charge in [0.2, 0.25) is 11.8 Å². The van der Waals surface area contributed by atoms with Gasteiger partial charge in [-0.05, 0) is 63.0 Å². The Morgan fingerprint density at radius 2 is 1.72 bits per heavy atom. The first-order valence-electron chi connectivity index (χ1n) is 10.3. The van der Waals surface area contributed by atoms with Gasteiger partial charge in [-0.2, -0.15) is 0 Å². The third-order valence-corrected chi connectivity index (χ3v) is 7.61. The number of likely N-dealkylation sites (N-methyl/N-ethyl adjacent to an activating group) is 1. The number of para-hydroxylation sites is 1. The number of anilines is 1. The number of amides is 2. The molecule has 1 aromatic carbocycles. The van der Waals surface area contributed by atoms with Gasteiger partial charge in [-0.25, -0.2) is 8.42 Å². The van der Waals surface area contributed by atoms with E-state index in [9.17, 15) is 18.0 Å². The van der Waals surface area contributed by atoms with Crippen molar-refractivity contribution >= 4 is 27.3 Å². The zero-order valence-electron chi connectivity index (χ0n) is 17.1. The van der Waals surface area contributed by atoms with E-state index in [0.29, 0.717) is 24.6 Å². The van der Waals surface area contributed by atoms with Crippen molar-refractivity contribution in [3.8, 4) is 0 Å². The topological polar surface area (TPSA) is 110 Å². The molecular formula is C21H31N3O4S. The maximum atomic E-state index is 12.7. The zero-order valence-corrected chi connectivity index (χ0v) is 18.0. The Morgan fingerprint density at radius 1 is 1.10 bits per heavy atom. The van der Waals surface area contributed by atoms with E-state index >= 15 is 0 Å². The molecule has 2 aliphatic carbocycles. The number of sulfone groups is 1. The first-order valence-corrected chi connectivity index (χ1v) is 12.2. The third kappa shape index (κ3) is 4.98. The van der Waals surface area contributed by atoms with E-state index in [1.807, 2.05) is 7.05 Å². The highest BCUT2D eigenvalue weighted by Crippen LogP contribution is 2.33. The highest BCUT2D eigenvalue weighted by Gasteiger charge is 2.36. The minimum absolute atomic E-state index is 0.00433. The first kappa shape index (κ1) is 21.8. The van der Waals surface area contributed by atoms with Gasteiger partial charge >= 0.3 is 0 Å². The lowest BCUT2D eigenvalue weighted by molar-refractivity contribution is -0.136. The minimum atomic E-state index is -3.43. The molecule has 0 aliphatic heterocycles. The summed E-state index contributed by atoms with van der Waals surface area (Å²) in [6.45, 7) is 0. The number of benzene rings is 1. The number of carbonyl (C=O) groups excluding carboxylic acids is 2. The summed E-state index contributed by atoms with van der Waals surface area (Å²) in [5.74, 6) is -0.293. The van der Waals surface area contributed by atoms with E-state index in [1.54, 1.807) is 23.1 Å². The van der Waals surface area contributed by atoms with Crippen LogP contribution in [0, 0.1) is 11.8 Å². The number of hydrogen-bond donors (Lipinski definition) is 2. The van der Waals surface area contributed by atoms with Crippen molar-refractivity contribution in [1.82, 2.24) is 4.90 Å². The molecule has 0 radical (unpaired) electrons. The Labute approximate surface area is 172 Å². The molecule has 0 unspecified atom stereocenters. The molecule has 0 saturated heterocycles. The molecule has 1 atom stereocenters. The number of nitrogens with two attached hydrogens (primary N) is 1. The highest BCUT2D eigenvalue weighted by atomic mass is 32.2. The van der Waals surface area contributed by atoms with Crippen molar-refractivity contribution in [2.24, 2.45) is 17.6 Å². The normalized spacial score (nSPS) is 23.7. The van der Waals surface area contributed by atoms with Crippen LogP contribution in [-0.2, 0) is 19.4 Å². The van der Waals surface area contributed by atoms with Crippen molar-refractivity contribution in [1.29, 1.82) is 0 Å². The van der Waals surface area contributed by atoms with E-state index in [2.05, 4.69) is 5.32 Å². The predicted molar refractivity (Wildman–Crippen MR) is 112 cm³/mol. The van der Waals surface area contributed by atoms with Crippen LogP contribution < -0.4 is 11.1 Å². The fourth-order valence-corrected chi connectivity index (χ4v) is 5.10. The summed E-state index contributed by atoms with van der Waals surface area (Å²) in [6.07, 6.45) is 7.13. The second-order valence-electron chi connectivity index (χ2n) is 8.43. The smallest absolute Gasteiger partial charge is 0.239 e. The first-order chi connectivity index (χ1) is 13.7. The molecule has 3 N–H and O–H groups in total. The molecule has 1 aromatic rings. The molecule has 0 aromatic heterocycles. The summed E-state index contributed by atoms with van der Waals surface area (Å²) in [4.78, 5) is 27.2. The van der Waals surface area contributed by atoms with Gasteiger partial charge in [0, 0.05) is 25.3 Å². The summed E-state index contributed by atoms with van der Waals surface area (Å²) in [7, 11) is -1.59. The molecule has 0 heterocycles. The van der Waals surface area contributed by atoms with Gasteiger partial charge in [-0.15, -0.1) is 0 Å². The molecular weight excluding hydrogens is 390 g/mol. The Bertz CT molecular complexity index is 858. The van der Waals surface area contributed by atoms with E-state index in [4.69, 9.17) is 5.73 Å². The monoisotopic (exact) mass is 421 g/mol. The summed E-state index contributed by atoms with van der Waals surface area (Å²) in [5, 5.41) is 2.78. The molecule has 0 spiro atoms. The van der Waals surface area contributed by atoms with Crippen LogP contribution in [-0.4, -0.2) is 50.5 Å². The molecule has 3 rings (SSSR count). The van der Waals surface area contributed by atoms with E-state index < -0.39 is 15.9 Å². The van der Waals surface area contributed by atoms with Gasteiger partial charge in [0.05, 0.1) is 16.6 Å². The molecule has 160 valence electrons. The molecule has 2 amide bonds. The van der Waals surface area contributed by atoms with E-state index in [-0.39, 0.29) is 28.5 Å². The van der Waals surface area contributed by atoms with Crippen LogP contribution in [0.5, 0.6) is 0 Å². The van der Waals surface area contributed by atoms with Crippen molar-refractivity contribution in [2.75, 3.05) is 18.6 Å². The lowest BCUT2D eigenvalue weighted by Crippen LogP contribution is -2.52. The molecule has 0 bridgehead atoms. The van der Waals surface area contributed by atoms with Crippen molar-refractivity contribution in [3.05, 3.63) is 24.3 Å². The summed E-state index contributed by atoms with van der Waals surface area (Å²) in [6, 6.07) is 6.23. The van der Waals surface area contributed by atoms with Crippen LogP contribution in [0.15, 0.2) is 29.2 Å². The Morgan fingerprint density at radius 3 is 2.28 bits per heavy atom. The number of carbonyl (C=O) groups is 2. The van der Waals surface area contributed by atoms with Crippen molar-refractivity contribution in [3.63, 3.8) is 0 Å². The van der Waals surface area contributed by atoms with Crippen molar-refractivity contribution < 1.29 is 18.0 Å². The average Bonchev–Trinajstić information content (AvgIpc) is 2.65. The van der Waals surface area contributed by atoms with Gasteiger partial charge in [-0.3, -0.25) is 9.59 Å². The third-order valence-electron chi connectivity index (χ3n) is 6.45. The van der Waals surface area contributed by atoms with Gasteiger partial charge in [-0.1, -0.05) is 12.1 Å². The molecule has 7 nitrogen and oxygen atoms in total. The second-order valence-corrected chi connectivity index (χ2v) is 10.4. The minimum Gasteiger partial charge on any atom is -0.341 e. The maximum Gasteiger partial charge on any atom is 0.239 e. The molecule has 2 aliphatic rings. The lowest BCUT2D eigenvalue weighted by atomic mass is 9.77. The second kappa shape index (κ2) is 8.83. The fourth-order valence-electron chi connectivity index (χ4n) is 4.26. The van der Waals surface area contributed by atoms with Crippen LogP contribution in [0.4, 0.5) is 5.69 Å². The van der Waals surface area contributed by atoms with E-state index in [0.717, 1.165) is 31.9 Å². The van der Waals surface area contributed by atoms with Gasteiger partial charge in [0.15, 0.2) is 9.84 Å². The molecule has 2 saturated carbocycles. The SMILES string of the molecule is CN(C(=O)[C@@H](N)C1CCC(C(=O)Nc2ccccc2S(C)(=O)=O)CC1)C1CCC1. The van der Waals surface area contributed by atoms with Crippen LogP contribution in [0.2, 0.25) is 0 Å².